The van der Waals surface area contributed by atoms with Crippen LogP contribution in [0.3, 0.4) is 0 Å². The lowest BCUT2D eigenvalue weighted by Gasteiger charge is -2.22. The Balaban J connectivity index is 2.04. The van der Waals surface area contributed by atoms with E-state index < -0.39 is 0 Å². The summed E-state index contributed by atoms with van der Waals surface area (Å²) in [5.74, 6) is 0.343. The fourth-order valence-electron chi connectivity index (χ4n) is 2.46. The zero-order chi connectivity index (χ0) is 10.2. The van der Waals surface area contributed by atoms with Gasteiger partial charge in [0.2, 0.25) is 5.96 Å². The fraction of sp³-hybridized carbons (Fsp3) is 0.200. The molecule has 1 saturated heterocycles. The number of hydrogen-bond donors (Lipinski definition) is 0. The zero-order valence-corrected chi connectivity index (χ0v) is 7.64. The monoisotopic (exact) mass is 203 g/mol. The lowest BCUT2D eigenvalue weighted by molar-refractivity contribution is -0.118. The minimum Gasteiger partial charge on any atom is -0.295 e. The molecule has 1 amide bonds. The number of aliphatic imine (C=N–C) groups is 1. The van der Waals surface area contributed by atoms with Crippen molar-refractivity contribution in [3.05, 3.63) is 24.0 Å². The molecule has 15 heavy (non-hydrogen) atoms. The molecule has 0 radical (unpaired) electrons. The molecule has 0 N–H and O–H groups in total. The van der Waals surface area contributed by atoms with Gasteiger partial charge in [-0.15, -0.1) is 0 Å². The molecule has 1 aromatic rings. The minimum atomic E-state index is -0.327. The molecule has 3 aliphatic heterocycles. The highest BCUT2D eigenvalue weighted by Gasteiger charge is 2.55. The minimum absolute atomic E-state index is 0.0121. The summed E-state index contributed by atoms with van der Waals surface area (Å²) in [5, 5.41) is 0. The molecule has 3 heterocycles. The molecule has 0 aromatic heterocycles. The second-order valence-electron chi connectivity index (χ2n) is 3.83. The van der Waals surface area contributed by atoms with Crippen LogP contribution in [0, 0.1) is 5.82 Å². The average molecular weight is 203 g/mol. The van der Waals surface area contributed by atoms with Crippen LogP contribution >= 0.6 is 0 Å². The maximum absolute atomic E-state index is 13.1. The summed E-state index contributed by atoms with van der Waals surface area (Å²) in [6.07, 6.45) is 0. The first kappa shape index (κ1) is 7.39. The third kappa shape index (κ3) is 0.633. The van der Waals surface area contributed by atoms with Crippen LogP contribution in [0.2, 0.25) is 0 Å². The number of nitrogens with zero attached hydrogens (tertiary/aromatic N) is 3. The molecular formula is C10H6FN3O. The largest absolute Gasteiger partial charge is 0.295 e. The number of amides is 1. The van der Waals surface area contributed by atoms with E-state index in [1.165, 1.54) is 17.0 Å². The number of rotatable bonds is 0. The topological polar surface area (TPSA) is 35.9 Å². The summed E-state index contributed by atoms with van der Waals surface area (Å²) in [7, 11) is 0. The second kappa shape index (κ2) is 2.03. The SMILES string of the molecule is O=C1C2CN=C3N1c1cc(F)ccc1N32. The predicted molar refractivity (Wildman–Crippen MR) is 52.5 cm³/mol. The molecular weight excluding hydrogens is 197 g/mol. The molecule has 74 valence electrons. The van der Waals surface area contributed by atoms with Crippen LogP contribution in [-0.2, 0) is 4.79 Å². The van der Waals surface area contributed by atoms with E-state index in [2.05, 4.69) is 4.99 Å². The molecule has 1 unspecified atom stereocenters. The lowest BCUT2D eigenvalue weighted by atomic mass is 10.1. The third-order valence-electron chi connectivity index (χ3n) is 3.08. The van der Waals surface area contributed by atoms with E-state index in [-0.39, 0.29) is 17.8 Å². The molecule has 4 rings (SSSR count). The van der Waals surface area contributed by atoms with Gasteiger partial charge in [-0.25, -0.2) is 14.3 Å². The van der Waals surface area contributed by atoms with Crippen molar-refractivity contribution in [3.8, 4) is 0 Å². The Morgan fingerprint density at radius 3 is 3.13 bits per heavy atom. The Morgan fingerprint density at radius 1 is 1.40 bits per heavy atom. The first-order chi connectivity index (χ1) is 7.27. The normalized spacial score (nSPS) is 25.0. The first-order valence-corrected chi connectivity index (χ1v) is 4.74. The Bertz CT molecular complexity index is 539. The Morgan fingerprint density at radius 2 is 2.27 bits per heavy atom. The molecule has 0 aliphatic carbocycles. The molecule has 4 bridgehead atoms. The van der Waals surface area contributed by atoms with Crippen molar-refractivity contribution in [3.63, 3.8) is 0 Å². The molecule has 1 fully saturated rings. The van der Waals surface area contributed by atoms with Gasteiger partial charge in [0.25, 0.3) is 5.91 Å². The van der Waals surface area contributed by atoms with E-state index in [4.69, 9.17) is 0 Å². The van der Waals surface area contributed by atoms with Gasteiger partial charge in [-0.2, -0.15) is 0 Å². The Labute approximate surface area is 84.6 Å². The lowest BCUT2D eigenvalue weighted by Crippen LogP contribution is -2.39. The fourth-order valence-corrected chi connectivity index (χ4v) is 2.46. The van der Waals surface area contributed by atoms with Crippen molar-refractivity contribution in [1.82, 2.24) is 0 Å². The smallest absolute Gasteiger partial charge is 0.259 e. The van der Waals surface area contributed by atoms with Crippen LogP contribution in [0.25, 0.3) is 0 Å². The van der Waals surface area contributed by atoms with Crippen molar-refractivity contribution in [2.45, 2.75) is 6.04 Å². The average Bonchev–Trinajstić information content (AvgIpc) is 2.80. The van der Waals surface area contributed by atoms with Gasteiger partial charge in [0.05, 0.1) is 17.9 Å². The quantitative estimate of drug-likeness (QED) is 0.623. The number of halogens is 1. The molecule has 1 atom stereocenters. The van der Waals surface area contributed by atoms with Gasteiger partial charge in [-0.3, -0.25) is 9.69 Å². The molecule has 0 spiro atoms. The van der Waals surface area contributed by atoms with E-state index in [1.54, 1.807) is 6.07 Å². The summed E-state index contributed by atoms with van der Waals surface area (Å²) >= 11 is 0. The summed E-state index contributed by atoms with van der Waals surface area (Å²) < 4.78 is 13.1. The number of anilines is 2. The number of carbonyl (C=O) groups excluding carboxylic acids is 1. The van der Waals surface area contributed by atoms with Crippen LogP contribution in [0.1, 0.15) is 0 Å². The Hall–Kier alpha value is -1.91. The van der Waals surface area contributed by atoms with Gasteiger partial charge in [-0.1, -0.05) is 0 Å². The van der Waals surface area contributed by atoms with E-state index in [1.807, 2.05) is 4.90 Å². The highest BCUT2D eigenvalue weighted by atomic mass is 19.1. The molecule has 4 nitrogen and oxygen atoms in total. The number of benzene rings is 1. The van der Waals surface area contributed by atoms with Crippen LogP contribution < -0.4 is 9.80 Å². The van der Waals surface area contributed by atoms with Crippen LogP contribution in [0.4, 0.5) is 15.8 Å². The number of carbonyl (C=O) groups is 1. The summed E-state index contributed by atoms with van der Waals surface area (Å²) in [5.41, 5.74) is 1.51. The van der Waals surface area contributed by atoms with Gasteiger partial charge < -0.3 is 0 Å². The van der Waals surface area contributed by atoms with Crippen molar-refractivity contribution in [2.24, 2.45) is 4.99 Å². The molecule has 3 aliphatic rings. The molecule has 1 aromatic carbocycles. The van der Waals surface area contributed by atoms with E-state index in [0.29, 0.717) is 18.2 Å². The van der Waals surface area contributed by atoms with Crippen LogP contribution in [-0.4, -0.2) is 24.5 Å². The van der Waals surface area contributed by atoms with Gasteiger partial charge in [0.1, 0.15) is 11.9 Å². The summed E-state index contributed by atoms with van der Waals surface area (Å²) in [6.45, 7) is 0.529. The Kier molecular flexibility index (Phi) is 0.998. The van der Waals surface area contributed by atoms with Gasteiger partial charge in [0.15, 0.2) is 0 Å². The van der Waals surface area contributed by atoms with Gasteiger partial charge >= 0.3 is 0 Å². The number of guanidine groups is 1. The van der Waals surface area contributed by atoms with Gasteiger partial charge in [0, 0.05) is 6.07 Å². The second-order valence-corrected chi connectivity index (χ2v) is 3.83. The third-order valence-corrected chi connectivity index (χ3v) is 3.08. The van der Waals surface area contributed by atoms with Crippen molar-refractivity contribution in [2.75, 3.05) is 16.3 Å². The highest BCUT2D eigenvalue weighted by molar-refractivity contribution is 6.37. The van der Waals surface area contributed by atoms with Crippen LogP contribution in [0.15, 0.2) is 23.2 Å². The zero-order valence-electron chi connectivity index (χ0n) is 7.64. The standard InChI is InChI=1S/C10H6FN3O/c11-5-1-2-6-7(3-5)14-9(15)8-4-12-10(14)13(6)8/h1-3,8H,4H2. The van der Waals surface area contributed by atoms with E-state index in [0.717, 1.165) is 5.69 Å². The van der Waals surface area contributed by atoms with E-state index >= 15 is 0 Å². The summed E-state index contributed by atoms with van der Waals surface area (Å²) in [4.78, 5) is 19.4. The highest BCUT2D eigenvalue weighted by Crippen LogP contribution is 2.46. The number of hydrogen-bond acceptors (Lipinski definition) is 3. The molecule has 5 heteroatoms. The maximum atomic E-state index is 13.1. The van der Waals surface area contributed by atoms with Crippen LogP contribution in [0.5, 0.6) is 0 Å². The maximum Gasteiger partial charge on any atom is 0.259 e. The molecule has 0 saturated carbocycles. The van der Waals surface area contributed by atoms with Crippen molar-refractivity contribution >= 4 is 23.2 Å². The first-order valence-electron chi connectivity index (χ1n) is 4.74. The van der Waals surface area contributed by atoms with Crippen molar-refractivity contribution in [1.29, 1.82) is 0 Å². The predicted octanol–water partition coefficient (Wildman–Crippen LogP) is 0.731. The van der Waals surface area contributed by atoms with E-state index in [9.17, 15) is 9.18 Å². The number of fused-ring (bicyclic) bond motifs is 2. The van der Waals surface area contributed by atoms with Gasteiger partial charge in [-0.05, 0) is 12.1 Å². The summed E-state index contributed by atoms with van der Waals surface area (Å²) in [6, 6.07) is 4.30. The van der Waals surface area contributed by atoms with Crippen molar-refractivity contribution < 1.29 is 9.18 Å².